The normalized spacial score (nSPS) is 16.6. The molecule has 1 unspecified atom stereocenters. The van der Waals surface area contributed by atoms with Crippen molar-refractivity contribution in [2.75, 3.05) is 5.01 Å². The number of halogens is 1. The second kappa shape index (κ2) is 6.96. The maximum atomic E-state index is 10.5. The van der Waals surface area contributed by atoms with E-state index in [0.29, 0.717) is 4.47 Å². The minimum absolute atomic E-state index is 0.104. The highest BCUT2D eigenvalue weighted by atomic mass is 79.9. The van der Waals surface area contributed by atoms with E-state index < -0.39 is 0 Å². The van der Waals surface area contributed by atoms with Crippen molar-refractivity contribution in [1.82, 2.24) is 0 Å². The monoisotopic (exact) mass is 406 g/mol. The molecule has 26 heavy (non-hydrogen) atoms. The molecule has 0 saturated heterocycles. The van der Waals surface area contributed by atoms with E-state index in [1.54, 1.807) is 0 Å². The van der Waals surface area contributed by atoms with Crippen molar-refractivity contribution in [1.29, 1.82) is 0 Å². The molecular formula is C22H19BrN2O. The van der Waals surface area contributed by atoms with Gasteiger partial charge in [0.15, 0.2) is 0 Å². The number of hydrazone groups is 1. The molecule has 1 atom stereocenters. The van der Waals surface area contributed by atoms with Crippen LogP contribution in [-0.2, 0) is 0 Å². The van der Waals surface area contributed by atoms with Gasteiger partial charge in [0.25, 0.3) is 0 Å². The van der Waals surface area contributed by atoms with Crippen molar-refractivity contribution in [3.8, 4) is 5.75 Å². The van der Waals surface area contributed by atoms with Crippen molar-refractivity contribution in [2.45, 2.75) is 19.4 Å². The zero-order chi connectivity index (χ0) is 18.1. The van der Waals surface area contributed by atoms with Crippen molar-refractivity contribution >= 4 is 27.3 Å². The molecule has 0 spiro atoms. The van der Waals surface area contributed by atoms with E-state index in [2.05, 4.69) is 57.3 Å². The van der Waals surface area contributed by atoms with Gasteiger partial charge >= 0.3 is 0 Å². The SMILES string of the molecule is Cc1cc(Br)c(O)c(C2=NN(c3ccccc3)C(c3ccccc3)C2)c1. The van der Waals surface area contributed by atoms with Crippen LogP contribution in [-0.4, -0.2) is 10.8 Å². The minimum atomic E-state index is 0.104. The molecule has 130 valence electrons. The minimum Gasteiger partial charge on any atom is -0.506 e. The molecule has 0 aromatic heterocycles. The van der Waals surface area contributed by atoms with E-state index in [4.69, 9.17) is 5.10 Å². The first-order valence-electron chi connectivity index (χ1n) is 8.59. The van der Waals surface area contributed by atoms with Gasteiger partial charge in [-0.15, -0.1) is 0 Å². The van der Waals surface area contributed by atoms with Crippen molar-refractivity contribution < 1.29 is 5.11 Å². The fraction of sp³-hybridized carbons (Fsp3) is 0.136. The molecule has 0 aliphatic carbocycles. The van der Waals surface area contributed by atoms with Gasteiger partial charge in [-0.2, -0.15) is 5.10 Å². The maximum Gasteiger partial charge on any atom is 0.138 e. The molecule has 1 aliphatic rings. The molecule has 0 radical (unpaired) electrons. The van der Waals surface area contributed by atoms with Gasteiger partial charge in [-0.3, -0.25) is 5.01 Å². The second-order valence-electron chi connectivity index (χ2n) is 6.50. The van der Waals surface area contributed by atoms with Gasteiger partial charge in [0, 0.05) is 12.0 Å². The van der Waals surface area contributed by atoms with Crippen molar-refractivity contribution in [3.05, 3.63) is 94.0 Å². The van der Waals surface area contributed by atoms with Crippen LogP contribution in [0.25, 0.3) is 0 Å². The summed E-state index contributed by atoms with van der Waals surface area (Å²) in [5.41, 5.74) is 5.02. The molecule has 0 saturated carbocycles. The number of nitrogens with zero attached hydrogens (tertiary/aromatic N) is 2. The highest BCUT2D eigenvalue weighted by molar-refractivity contribution is 9.10. The Hall–Kier alpha value is -2.59. The molecular weight excluding hydrogens is 388 g/mol. The summed E-state index contributed by atoms with van der Waals surface area (Å²) < 4.78 is 0.699. The summed E-state index contributed by atoms with van der Waals surface area (Å²) in [6.07, 6.45) is 0.738. The Balaban J connectivity index is 1.80. The molecule has 3 aromatic rings. The Labute approximate surface area is 161 Å². The van der Waals surface area contributed by atoms with Gasteiger partial charge in [0.05, 0.1) is 21.9 Å². The second-order valence-corrected chi connectivity index (χ2v) is 7.35. The highest BCUT2D eigenvalue weighted by Crippen LogP contribution is 2.39. The fourth-order valence-electron chi connectivity index (χ4n) is 3.38. The van der Waals surface area contributed by atoms with Crippen LogP contribution in [0.2, 0.25) is 0 Å². The first-order chi connectivity index (χ1) is 12.6. The van der Waals surface area contributed by atoms with Crippen molar-refractivity contribution in [3.63, 3.8) is 0 Å². The molecule has 0 fully saturated rings. The third kappa shape index (κ3) is 3.13. The van der Waals surface area contributed by atoms with Gasteiger partial charge < -0.3 is 5.11 Å². The lowest BCUT2D eigenvalue weighted by atomic mass is 9.97. The smallest absolute Gasteiger partial charge is 0.138 e. The maximum absolute atomic E-state index is 10.5. The molecule has 1 aliphatic heterocycles. The quantitative estimate of drug-likeness (QED) is 0.594. The Kier molecular flexibility index (Phi) is 4.51. The lowest BCUT2D eigenvalue weighted by molar-refractivity contribution is 0.470. The summed E-state index contributed by atoms with van der Waals surface area (Å²) in [6, 6.07) is 24.6. The number of phenolic OH excluding ortho intramolecular Hbond substituents is 1. The van der Waals surface area contributed by atoms with Crippen LogP contribution in [0, 0.1) is 6.92 Å². The molecule has 4 heteroatoms. The standard InChI is InChI=1S/C22H19BrN2O/c1-15-12-18(22(26)19(23)13-15)20-14-21(16-8-4-2-5-9-16)25(24-20)17-10-6-3-7-11-17/h2-13,21,26H,14H2,1H3. The van der Waals surface area contributed by atoms with Crippen LogP contribution in [0.1, 0.15) is 29.2 Å². The Morgan fingerprint density at radius 3 is 2.35 bits per heavy atom. The van der Waals surface area contributed by atoms with Crippen molar-refractivity contribution in [2.24, 2.45) is 5.10 Å². The summed E-state index contributed by atoms with van der Waals surface area (Å²) in [6.45, 7) is 2.02. The van der Waals surface area contributed by atoms with Gasteiger partial charge in [0.1, 0.15) is 5.75 Å². The van der Waals surface area contributed by atoms with Crippen LogP contribution >= 0.6 is 15.9 Å². The van der Waals surface area contributed by atoms with E-state index in [1.165, 1.54) is 5.56 Å². The number of hydrogen-bond donors (Lipinski definition) is 1. The van der Waals surface area contributed by atoms with Crippen LogP contribution in [0.4, 0.5) is 5.69 Å². The third-order valence-electron chi connectivity index (χ3n) is 4.63. The molecule has 1 N–H and O–H groups in total. The largest absolute Gasteiger partial charge is 0.506 e. The van der Waals surface area contributed by atoms with E-state index >= 15 is 0 Å². The number of aromatic hydroxyl groups is 1. The number of rotatable bonds is 3. The van der Waals surface area contributed by atoms with E-state index in [-0.39, 0.29) is 11.8 Å². The highest BCUT2D eigenvalue weighted by Gasteiger charge is 2.31. The lowest BCUT2D eigenvalue weighted by Gasteiger charge is -2.23. The molecule has 1 heterocycles. The zero-order valence-electron chi connectivity index (χ0n) is 14.4. The Morgan fingerprint density at radius 2 is 1.65 bits per heavy atom. The number of benzene rings is 3. The summed E-state index contributed by atoms with van der Waals surface area (Å²) >= 11 is 3.45. The summed E-state index contributed by atoms with van der Waals surface area (Å²) in [7, 11) is 0. The van der Waals surface area contributed by atoms with E-state index in [0.717, 1.165) is 28.9 Å². The lowest BCUT2D eigenvalue weighted by Crippen LogP contribution is -2.18. The Morgan fingerprint density at radius 1 is 1.00 bits per heavy atom. The first kappa shape index (κ1) is 16.9. The molecule has 3 nitrogen and oxygen atoms in total. The van der Waals surface area contributed by atoms with Gasteiger partial charge in [-0.1, -0.05) is 48.5 Å². The number of phenols is 1. The number of aryl methyl sites for hydroxylation is 1. The van der Waals surface area contributed by atoms with Crippen LogP contribution in [0.3, 0.4) is 0 Å². The topological polar surface area (TPSA) is 35.8 Å². The van der Waals surface area contributed by atoms with E-state index in [1.807, 2.05) is 43.3 Å². The van der Waals surface area contributed by atoms with E-state index in [9.17, 15) is 5.11 Å². The zero-order valence-corrected chi connectivity index (χ0v) is 16.0. The fourth-order valence-corrected chi connectivity index (χ4v) is 3.96. The van der Waals surface area contributed by atoms with Gasteiger partial charge in [-0.05, 0) is 58.2 Å². The first-order valence-corrected chi connectivity index (χ1v) is 9.39. The van der Waals surface area contributed by atoms with Gasteiger partial charge in [-0.25, -0.2) is 0 Å². The number of anilines is 1. The molecule has 3 aromatic carbocycles. The van der Waals surface area contributed by atoms with Crippen LogP contribution < -0.4 is 5.01 Å². The van der Waals surface area contributed by atoms with Crippen LogP contribution in [0.15, 0.2) is 82.4 Å². The number of para-hydroxylation sites is 1. The predicted molar refractivity (Wildman–Crippen MR) is 110 cm³/mol. The summed E-state index contributed by atoms with van der Waals surface area (Å²) in [5, 5.41) is 17.5. The predicted octanol–water partition coefficient (Wildman–Crippen LogP) is 5.82. The molecule has 0 amide bonds. The molecule has 4 rings (SSSR count). The number of hydrogen-bond acceptors (Lipinski definition) is 3. The molecule has 0 bridgehead atoms. The average Bonchev–Trinajstić information content (AvgIpc) is 3.11. The summed E-state index contributed by atoms with van der Waals surface area (Å²) in [5.74, 6) is 0.246. The van der Waals surface area contributed by atoms with Gasteiger partial charge in [0.2, 0.25) is 0 Å². The average molecular weight is 407 g/mol. The third-order valence-corrected chi connectivity index (χ3v) is 5.24. The summed E-state index contributed by atoms with van der Waals surface area (Å²) in [4.78, 5) is 0. The van der Waals surface area contributed by atoms with Crippen LogP contribution in [0.5, 0.6) is 5.75 Å². The Bertz CT molecular complexity index is 955.